The second-order valence-corrected chi connectivity index (χ2v) is 7.17. The maximum atomic E-state index is 12.0. The molecule has 6 nitrogen and oxygen atoms in total. The number of halogens is 2. The number of nitrogens with two attached hydrogens (primary N) is 1. The smallest absolute Gasteiger partial charge is 0.296 e. The molecule has 0 saturated heterocycles. The van der Waals surface area contributed by atoms with Gasteiger partial charge in [0.2, 0.25) is 5.91 Å². The molecule has 0 spiro atoms. The minimum Gasteiger partial charge on any atom is -0.352 e. The minimum atomic E-state index is -3.84. The molecule has 2 aromatic rings. The van der Waals surface area contributed by atoms with Gasteiger partial charge in [-0.25, -0.2) is 5.14 Å². The van der Waals surface area contributed by atoms with Crippen molar-refractivity contribution in [2.75, 3.05) is 4.72 Å². The highest BCUT2D eigenvalue weighted by Crippen LogP contribution is 2.21. The van der Waals surface area contributed by atoms with Gasteiger partial charge in [-0.15, -0.1) is 0 Å². The van der Waals surface area contributed by atoms with E-state index in [1.54, 1.807) is 42.5 Å². The van der Waals surface area contributed by atoms with E-state index in [9.17, 15) is 13.2 Å². The molecular weight excluding hydrogens is 373 g/mol. The minimum absolute atomic E-state index is 0.116. The van der Waals surface area contributed by atoms with Crippen molar-refractivity contribution in [3.63, 3.8) is 0 Å². The van der Waals surface area contributed by atoms with Crippen molar-refractivity contribution in [3.05, 3.63) is 63.6 Å². The van der Waals surface area contributed by atoms with Crippen molar-refractivity contribution in [2.24, 2.45) is 5.14 Å². The average Bonchev–Trinajstić information content (AvgIpc) is 2.47. The standard InChI is InChI=1S/C15H15Cl2N3O3S/c16-12-5-4-11(14(17)8-12)7-15(21)19-9-10-2-1-3-13(6-10)20-24(18,22)23/h1-6,8,20H,7,9H2,(H,19,21)(H2,18,22,23). The molecule has 0 unspecified atom stereocenters. The zero-order valence-corrected chi connectivity index (χ0v) is 14.8. The molecule has 9 heteroatoms. The summed E-state index contributed by atoms with van der Waals surface area (Å²) < 4.78 is 24.2. The zero-order chi connectivity index (χ0) is 17.7. The van der Waals surface area contributed by atoms with Crippen LogP contribution in [0, 0.1) is 0 Å². The number of carbonyl (C=O) groups excluding carboxylic acids is 1. The van der Waals surface area contributed by atoms with Gasteiger partial charge in [0.1, 0.15) is 0 Å². The fourth-order valence-electron chi connectivity index (χ4n) is 2.01. The lowest BCUT2D eigenvalue weighted by molar-refractivity contribution is -0.120. The summed E-state index contributed by atoms with van der Waals surface area (Å²) in [6.45, 7) is 0.240. The van der Waals surface area contributed by atoms with E-state index in [-0.39, 0.29) is 18.9 Å². The maximum absolute atomic E-state index is 12.0. The Kier molecular flexibility index (Phi) is 6.06. The van der Waals surface area contributed by atoms with Gasteiger partial charge in [-0.1, -0.05) is 41.4 Å². The van der Waals surface area contributed by atoms with E-state index in [0.29, 0.717) is 21.3 Å². The van der Waals surface area contributed by atoms with Crippen LogP contribution in [0.2, 0.25) is 10.0 Å². The predicted molar refractivity (Wildman–Crippen MR) is 95.2 cm³/mol. The van der Waals surface area contributed by atoms with Crippen LogP contribution in [-0.4, -0.2) is 14.3 Å². The van der Waals surface area contributed by atoms with Gasteiger partial charge in [-0.05, 0) is 35.4 Å². The van der Waals surface area contributed by atoms with Crippen LogP contribution in [0.25, 0.3) is 0 Å². The number of amides is 1. The predicted octanol–water partition coefficient (Wildman–Crippen LogP) is 2.47. The van der Waals surface area contributed by atoms with Gasteiger partial charge >= 0.3 is 0 Å². The molecule has 0 aliphatic heterocycles. The van der Waals surface area contributed by atoms with Crippen LogP contribution in [0.4, 0.5) is 5.69 Å². The quantitative estimate of drug-likeness (QED) is 0.709. The Balaban J connectivity index is 1.95. The third kappa shape index (κ3) is 6.01. The number of carbonyl (C=O) groups is 1. The Labute approximate surface area is 150 Å². The lowest BCUT2D eigenvalue weighted by Gasteiger charge is -2.09. The molecule has 0 fully saturated rings. The monoisotopic (exact) mass is 387 g/mol. The van der Waals surface area contributed by atoms with E-state index in [1.165, 1.54) is 0 Å². The summed E-state index contributed by atoms with van der Waals surface area (Å²) in [5, 5.41) is 8.59. The first-order chi connectivity index (χ1) is 11.2. The molecule has 24 heavy (non-hydrogen) atoms. The number of anilines is 1. The Morgan fingerprint density at radius 3 is 2.54 bits per heavy atom. The van der Waals surface area contributed by atoms with Gasteiger partial charge in [-0.3, -0.25) is 9.52 Å². The summed E-state index contributed by atoms with van der Waals surface area (Å²) >= 11 is 11.8. The SMILES string of the molecule is NS(=O)(=O)Nc1cccc(CNC(=O)Cc2ccc(Cl)cc2Cl)c1. The highest BCUT2D eigenvalue weighted by Gasteiger charge is 2.08. The van der Waals surface area contributed by atoms with E-state index < -0.39 is 10.2 Å². The van der Waals surface area contributed by atoms with E-state index in [4.69, 9.17) is 28.3 Å². The summed E-state index contributed by atoms with van der Waals surface area (Å²) in [6, 6.07) is 11.5. The summed E-state index contributed by atoms with van der Waals surface area (Å²) in [7, 11) is -3.84. The van der Waals surface area contributed by atoms with Crippen LogP contribution in [0.1, 0.15) is 11.1 Å². The van der Waals surface area contributed by atoms with Gasteiger partial charge < -0.3 is 5.32 Å². The summed E-state index contributed by atoms with van der Waals surface area (Å²) in [5.74, 6) is -0.218. The first-order valence-electron chi connectivity index (χ1n) is 6.83. The van der Waals surface area contributed by atoms with Crippen LogP contribution in [0.15, 0.2) is 42.5 Å². The second kappa shape index (κ2) is 7.85. The summed E-state index contributed by atoms with van der Waals surface area (Å²) in [4.78, 5) is 12.0. The topological polar surface area (TPSA) is 101 Å². The number of benzene rings is 2. The van der Waals surface area contributed by atoms with Crippen molar-refractivity contribution in [1.82, 2.24) is 5.32 Å². The molecule has 2 aromatic carbocycles. The largest absolute Gasteiger partial charge is 0.352 e. The molecule has 0 atom stereocenters. The summed E-state index contributed by atoms with van der Waals surface area (Å²) in [5.41, 5.74) is 1.72. The van der Waals surface area contributed by atoms with Gasteiger partial charge in [0.25, 0.3) is 10.2 Å². The molecule has 4 N–H and O–H groups in total. The highest BCUT2D eigenvalue weighted by atomic mass is 35.5. The van der Waals surface area contributed by atoms with Crippen molar-refractivity contribution in [2.45, 2.75) is 13.0 Å². The van der Waals surface area contributed by atoms with Gasteiger partial charge in [0.05, 0.1) is 12.1 Å². The molecule has 0 aromatic heterocycles. The Bertz CT molecular complexity index is 857. The first kappa shape index (κ1) is 18.5. The second-order valence-electron chi connectivity index (χ2n) is 5.04. The van der Waals surface area contributed by atoms with Crippen molar-refractivity contribution < 1.29 is 13.2 Å². The highest BCUT2D eigenvalue weighted by molar-refractivity contribution is 7.90. The Morgan fingerprint density at radius 2 is 1.88 bits per heavy atom. The molecule has 0 radical (unpaired) electrons. The Hall–Kier alpha value is -1.80. The van der Waals surface area contributed by atoms with E-state index in [2.05, 4.69) is 10.0 Å². The lowest BCUT2D eigenvalue weighted by Crippen LogP contribution is -2.25. The number of nitrogens with one attached hydrogen (secondary N) is 2. The van der Waals surface area contributed by atoms with Crippen molar-refractivity contribution in [3.8, 4) is 0 Å². The van der Waals surface area contributed by atoms with Crippen LogP contribution in [0.5, 0.6) is 0 Å². The third-order valence-corrected chi connectivity index (χ3v) is 4.15. The first-order valence-corrected chi connectivity index (χ1v) is 9.13. The normalized spacial score (nSPS) is 11.1. The molecule has 0 aliphatic rings. The van der Waals surface area contributed by atoms with Crippen molar-refractivity contribution >= 4 is 45.0 Å². The average molecular weight is 388 g/mol. The molecule has 2 rings (SSSR count). The zero-order valence-electron chi connectivity index (χ0n) is 12.4. The van der Waals surface area contributed by atoms with Crippen molar-refractivity contribution in [1.29, 1.82) is 0 Å². The van der Waals surface area contributed by atoms with Crippen LogP contribution < -0.4 is 15.2 Å². The third-order valence-electron chi connectivity index (χ3n) is 3.04. The van der Waals surface area contributed by atoms with Crippen LogP contribution >= 0.6 is 23.2 Å². The molecule has 0 heterocycles. The molecular formula is C15H15Cl2N3O3S. The number of hydrogen-bond acceptors (Lipinski definition) is 3. The lowest BCUT2D eigenvalue weighted by atomic mass is 10.1. The molecule has 1 amide bonds. The summed E-state index contributed by atoms with van der Waals surface area (Å²) in [6.07, 6.45) is 0.116. The fourth-order valence-corrected chi connectivity index (χ4v) is 2.94. The van der Waals surface area contributed by atoms with Gasteiger partial charge in [0.15, 0.2) is 0 Å². The maximum Gasteiger partial charge on any atom is 0.296 e. The van der Waals surface area contributed by atoms with Gasteiger partial charge in [0, 0.05) is 16.6 Å². The van der Waals surface area contributed by atoms with Gasteiger partial charge in [-0.2, -0.15) is 8.42 Å². The molecule has 0 aliphatic carbocycles. The molecule has 0 saturated carbocycles. The number of rotatable bonds is 6. The van der Waals surface area contributed by atoms with E-state index >= 15 is 0 Å². The molecule has 128 valence electrons. The van der Waals surface area contributed by atoms with E-state index in [0.717, 1.165) is 5.56 Å². The number of hydrogen-bond donors (Lipinski definition) is 3. The van der Waals surface area contributed by atoms with Crippen LogP contribution in [0.3, 0.4) is 0 Å². The van der Waals surface area contributed by atoms with E-state index in [1.807, 2.05) is 0 Å². The Morgan fingerprint density at radius 1 is 1.12 bits per heavy atom. The molecule has 0 bridgehead atoms. The fraction of sp³-hybridized carbons (Fsp3) is 0.133. The van der Waals surface area contributed by atoms with Crippen LogP contribution in [-0.2, 0) is 28.0 Å².